The lowest BCUT2D eigenvalue weighted by molar-refractivity contribution is 0.146. The molecule has 0 radical (unpaired) electrons. The summed E-state index contributed by atoms with van der Waals surface area (Å²) in [4.78, 5) is 13.0. The van der Waals surface area contributed by atoms with Gasteiger partial charge in [-0.3, -0.25) is 10.00 Å². The highest BCUT2D eigenvalue weighted by atomic mass is 32.1. The lowest BCUT2D eigenvalue weighted by Gasteiger charge is -2.14. The summed E-state index contributed by atoms with van der Waals surface area (Å²) in [6.45, 7) is 5.69. The Morgan fingerprint density at radius 3 is 2.85 bits per heavy atom. The van der Waals surface area contributed by atoms with Gasteiger partial charge in [0.05, 0.1) is 17.8 Å². The molecule has 0 saturated carbocycles. The third-order valence-corrected chi connectivity index (χ3v) is 5.92. The molecule has 4 rings (SSSR count). The molecule has 0 aliphatic carbocycles. The number of aryl methyl sites for hydroxylation is 1. The molecule has 3 heterocycles. The molecule has 3 aromatic rings. The first-order valence-electron chi connectivity index (χ1n) is 8.82. The minimum atomic E-state index is 0.299. The summed E-state index contributed by atoms with van der Waals surface area (Å²) in [5.74, 6) is 2.42. The number of hydrogen-bond donors (Lipinski definition) is 1. The number of benzene rings is 1. The summed E-state index contributed by atoms with van der Waals surface area (Å²) in [7, 11) is 1.77. The van der Waals surface area contributed by atoms with Crippen LogP contribution in [0.5, 0.6) is 0 Å². The number of methoxy groups -OCH3 is 1. The molecule has 1 aliphatic rings. The summed E-state index contributed by atoms with van der Waals surface area (Å²) in [6.07, 6.45) is 0. The Labute approximate surface area is 157 Å². The highest BCUT2D eigenvalue weighted by Gasteiger charge is 2.36. The Morgan fingerprint density at radius 1 is 1.27 bits per heavy atom. The van der Waals surface area contributed by atoms with E-state index in [4.69, 9.17) is 9.72 Å². The minimum absolute atomic E-state index is 0.299. The smallest absolute Gasteiger partial charge is 0.181 e. The van der Waals surface area contributed by atoms with E-state index in [9.17, 15) is 0 Å². The van der Waals surface area contributed by atoms with Gasteiger partial charge in [0.1, 0.15) is 5.82 Å². The second-order valence-electron chi connectivity index (χ2n) is 6.79. The van der Waals surface area contributed by atoms with Crippen molar-refractivity contribution in [1.29, 1.82) is 0 Å². The van der Waals surface area contributed by atoms with Gasteiger partial charge in [-0.1, -0.05) is 30.3 Å². The molecule has 0 bridgehead atoms. The summed E-state index contributed by atoms with van der Waals surface area (Å²) in [6, 6.07) is 10.1. The van der Waals surface area contributed by atoms with Crippen molar-refractivity contribution >= 4 is 11.3 Å². The van der Waals surface area contributed by atoms with E-state index in [0.717, 1.165) is 49.1 Å². The molecule has 0 spiro atoms. The zero-order chi connectivity index (χ0) is 17.9. The van der Waals surface area contributed by atoms with Crippen molar-refractivity contribution in [3.8, 4) is 11.4 Å². The molecule has 0 amide bonds. The number of aromatic nitrogens is 4. The number of nitrogens with zero attached hydrogens (tertiary/aromatic N) is 4. The van der Waals surface area contributed by atoms with E-state index in [2.05, 4.69) is 27.0 Å². The van der Waals surface area contributed by atoms with Gasteiger partial charge in [0.25, 0.3) is 0 Å². The molecule has 1 saturated heterocycles. The van der Waals surface area contributed by atoms with Gasteiger partial charge in [0.15, 0.2) is 5.82 Å². The van der Waals surface area contributed by atoms with Crippen molar-refractivity contribution in [3.63, 3.8) is 0 Å². The SMILES string of the molecule is COC[C@@H]1CN(Cc2scnc2C)C[C@H]1c1nc(-c2ccccc2)n[nH]1. The van der Waals surface area contributed by atoms with Crippen LogP contribution in [0.4, 0.5) is 0 Å². The van der Waals surface area contributed by atoms with Crippen molar-refractivity contribution in [3.05, 3.63) is 52.2 Å². The van der Waals surface area contributed by atoms with Gasteiger partial charge in [0, 0.05) is 49.0 Å². The van der Waals surface area contributed by atoms with E-state index in [1.165, 1.54) is 4.88 Å². The van der Waals surface area contributed by atoms with Crippen LogP contribution in [0, 0.1) is 12.8 Å². The van der Waals surface area contributed by atoms with E-state index >= 15 is 0 Å². The van der Waals surface area contributed by atoms with Crippen LogP contribution in [0.25, 0.3) is 11.4 Å². The monoisotopic (exact) mass is 369 g/mol. The molecule has 0 unspecified atom stereocenters. The van der Waals surface area contributed by atoms with E-state index < -0.39 is 0 Å². The largest absolute Gasteiger partial charge is 0.384 e. The predicted octanol–water partition coefficient (Wildman–Crippen LogP) is 3.10. The molecular formula is C19H23N5OS. The van der Waals surface area contributed by atoms with E-state index in [1.54, 1.807) is 18.4 Å². The molecule has 1 N–H and O–H groups in total. The second kappa shape index (κ2) is 7.65. The number of H-pyrrole nitrogens is 1. The minimum Gasteiger partial charge on any atom is -0.384 e. The van der Waals surface area contributed by atoms with E-state index in [-0.39, 0.29) is 0 Å². The molecule has 2 atom stereocenters. The Bertz CT molecular complexity index is 847. The number of aromatic amines is 1. The van der Waals surface area contributed by atoms with Gasteiger partial charge >= 0.3 is 0 Å². The Hall–Kier alpha value is -2.09. The first-order chi connectivity index (χ1) is 12.7. The number of ether oxygens (including phenoxy) is 1. The van der Waals surface area contributed by atoms with E-state index in [0.29, 0.717) is 11.8 Å². The third-order valence-electron chi connectivity index (χ3n) is 5.00. The summed E-state index contributed by atoms with van der Waals surface area (Å²) < 4.78 is 5.48. The van der Waals surface area contributed by atoms with Gasteiger partial charge in [0.2, 0.25) is 0 Å². The van der Waals surface area contributed by atoms with E-state index in [1.807, 2.05) is 35.8 Å². The van der Waals surface area contributed by atoms with Crippen LogP contribution in [0.1, 0.15) is 22.3 Å². The maximum absolute atomic E-state index is 5.48. The normalized spacial score (nSPS) is 20.7. The lowest BCUT2D eigenvalue weighted by Crippen LogP contribution is -2.21. The molecule has 6 nitrogen and oxygen atoms in total. The average molecular weight is 369 g/mol. The second-order valence-corrected chi connectivity index (χ2v) is 7.73. The van der Waals surface area contributed by atoms with Crippen LogP contribution in [0.2, 0.25) is 0 Å². The van der Waals surface area contributed by atoms with Gasteiger partial charge in [-0.15, -0.1) is 11.3 Å². The predicted molar refractivity (Wildman–Crippen MR) is 102 cm³/mol. The Balaban J connectivity index is 1.52. The van der Waals surface area contributed by atoms with Crippen molar-refractivity contribution in [2.75, 3.05) is 26.8 Å². The standard InChI is InChI=1S/C19H23N5OS/c1-13-17(26-12-20-13)10-24-8-15(11-25-2)16(9-24)19-21-18(22-23-19)14-6-4-3-5-7-14/h3-7,12,15-16H,8-11H2,1-2H3,(H,21,22,23)/t15-,16+/m0/s1. The Morgan fingerprint density at radius 2 is 2.12 bits per heavy atom. The average Bonchev–Trinajstić information content (AvgIpc) is 3.37. The van der Waals surface area contributed by atoms with Crippen LogP contribution in [-0.2, 0) is 11.3 Å². The molecular weight excluding hydrogens is 346 g/mol. The number of rotatable bonds is 6. The highest BCUT2D eigenvalue weighted by molar-refractivity contribution is 7.09. The lowest BCUT2D eigenvalue weighted by atomic mass is 9.96. The maximum atomic E-state index is 5.48. The number of thiazole rings is 1. The van der Waals surface area contributed by atoms with Crippen LogP contribution in [0.15, 0.2) is 35.8 Å². The van der Waals surface area contributed by atoms with Crippen LogP contribution in [0.3, 0.4) is 0 Å². The number of likely N-dealkylation sites (tertiary alicyclic amines) is 1. The third kappa shape index (κ3) is 3.56. The fourth-order valence-corrected chi connectivity index (χ4v) is 4.44. The summed E-state index contributed by atoms with van der Waals surface area (Å²) in [5, 5.41) is 7.61. The maximum Gasteiger partial charge on any atom is 0.181 e. The zero-order valence-electron chi connectivity index (χ0n) is 15.1. The molecule has 26 heavy (non-hydrogen) atoms. The Kier molecular flexibility index (Phi) is 5.10. The molecule has 1 aromatic carbocycles. The van der Waals surface area contributed by atoms with Gasteiger partial charge < -0.3 is 4.74 Å². The van der Waals surface area contributed by atoms with Crippen molar-refractivity contribution in [1.82, 2.24) is 25.1 Å². The zero-order valence-corrected chi connectivity index (χ0v) is 15.9. The molecule has 7 heteroatoms. The van der Waals surface area contributed by atoms with Crippen LogP contribution >= 0.6 is 11.3 Å². The van der Waals surface area contributed by atoms with Crippen LogP contribution in [-0.4, -0.2) is 51.9 Å². The molecule has 1 aliphatic heterocycles. The highest BCUT2D eigenvalue weighted by Crippen LogP contribution is 2.33. The molecule has 136 valence electrons. The fourth-order valence-electron chi connectivity index (χ4n) is 3.62. The van der Waals surface area contributed by atoms with Gasteiger partial charge in [-0.25, -0.2) is 9.97 Å². The molecule has 1 fully saturated rings. The van der Waals surface area contributed by atoms with Crippen molar-refractivity contribution < 1.29 is 4.74 Å². The fraction of sp³-hybridized carbons (Fsp3) is 0.421. The van der Waals surface area contributed by atoms with Crippen molar-refractivity contribution in [2.24, 2.45) is 5.92 Å². The summed E-state index contributed by atoms with van der Waals surface area (Å²) in [5.41, 5.74) is 4.09. The topological polar surface area (TPSA) is 66.9 Å². The quantitative estimate of drug-likeness (QED) is 0.723. The summed E-state index contributed by atoms with van der Waals surface area (Å²) >= 11 is 1.73. The van der Waals surface area contributed by atoms with Crippen LogP contribution < -0.4 is 0 Å². The number of nitrogens with one attached hydrogen (secondary N) is 1. The first kappa shape index (κ1) is 17.3. The van der Waals surface area contributed by atoms with Gasteiger partial charge in [-0.2, -0.15) is 5.10 Å². The number of hydrogen-bond acceptors (Lipinski definition) is 6. The first-order valence-corrected chi connectivity index (χ1v) is 9.70. The van der Waals surface area contributed by atoms with Gasteiger partial charge in [-0.05, 0) is 6.92 Å². The molecule has 2 aromatic heterocycles. The van der Waals surface area contributed by atoms with Crippen molar-refractivity contribution in [2.45, 2.75) is 19.4 Å².